The number of hydrogen-bond acceptors (Lipinski definition) is 3. The van der Waals surface area contributed by atoms with Gasteiger partial charge in [-0.05, 0) is 30.7 Å². The molecule has 0 bridgehead atoms. The van der Waals surface area contributed by atoms with Crippen LogP contribution in [-0.4, -0.2) is 43.7 Å². The van der Waals surface area contributed by atoms with Gasteiger partial charge in [-0.25, -0.2) is 4.39 Å². The molecule has 0 spiro atoms. The molecule has 0 aromatic heterocycles. The van der Waals surface area contributed by atoms with Gasteiger partial charge in [-0.1, -0.05) is 6.07 Å². The number of thioether (sulfide) groups is 1. The van der Waals surface area contributed by atoms with Crippen LogP contribution in [0.25, 0.3) is 0 Å². The summed E-state index contributed by atoms with van der Waals surface area (Å²) >= 11 is 2.02. The minimum Gasteiger partial charge on any atom is -0.492 e. The van der Waals surface area contributed by atoms with Crippen LogP contribution in [0.1, 0.15) is 12.8 Å². The van der Waals surface area contributed by atoms with E-state index in [1.54, 1.807) is 19.2 Å². The number of hydrogen-bond donors (Lipinski definition) is 2. The van der Waals surface area contributed by atoms with Gasteiger partial charge >= 0.3 is 0 Å². The van der Waals surface area contributed by atoms with E-state index in [0.717, 1.165) is 12.5 Å². The van der Waals surface area contributed by atoms with Gasteiger partial charge in [-0.3, -0.25) is 4.99 Å². The fraction of sp³-hybridized carbons (Fsp3) is 0.533. The molecule has 1 saturated heterocycles. The Hall–Kier alpha value is -1.43. The van der Waals surface area contributed by atoms with Gasteiger partial charge in [0.15, 0.2) is 5.96 Å². The van der Waals surface area contributed by atoms with Crippen LogP contribution in [0.5, 0.6) is 5.75 Å². The molecule has 0 aliphatic carbocycles. The Morgan fingerprint density at radius 3 is 3.10 bits per heavy atom. The summed E-state index contributed by atoms with van der Waals surface area (Å²) in [5.74, 6) is 2.30. The molecule has 1 atom stereocenters. The minimum atomic E-state index is -0.285. The lowest BCUT2D eigenvalue weighted by Gasteiger charge is -2.15. The molecular formula is C15H22FN3OS. The Bertz CT molecular complexity index is 464. The number of nitrogens with one attached hydrogen (secondary N) is 2. The molecule has 1 aromatic rings. The molecule has 21 heavy (non-hydrogen) atoms. The second kappa shape index (κ2) is 8.77. The second-order valence-electron chi connectivity index (χ2n) is 4.82. The van der Waals surface area contributed by atoms with Crippen molar-refractivity contribution < 1.29 is 9.13 Å². The first-order valence-electron chi connectivity index (χ1n) is 7.22. The van der Waals surface area contributed by atoms with Crippen molar-refractivity contribution in [3.05, 3.63) is 30.1 Å². The lowest BCUT2D eigenvalue weighted by Crippen LogP contribution is -2.41. The van der Waals surface area contributed by atoms with Crippen LogP contribution in [-0.2, 0) is 0 Å². The van der Waals surface area contributed by atoms with E-state index >= 15 is 0 Å². The molecule has 116 valence electrons. The summed E-state index contributed by atoms with van der Waals surface area (Å²) < 4.78 is 18.5. The van der Waals surface area contributed by atoms with Gasteiger partial charge in [0, 0.05) is 24.9 Å². The highest BCUT2D eigenvalue weighted by molar-refractivity contribution is 8.00. The average molecular weight is 311 g/mol. The monoisotopic (exact) mass is 311 g/mol. The van der Waals surface area contributed by atoms with E-state index in [4.69, 9.17) is 4.74 Å². The van der Waals surface area contributed by atoms with Crippen molar-refractivity contribution in [3.63, 3.8) is 0 Å². The van der Waals surface area contributed by atoms with Crippen molar-refractivity contribution in [2.24, 2.45) is 4.99 Å². The largest absolute Gasteiger partial charge is 0.492 e. The highest BCUT2D eigenvalue weighted by Gasteiger charge is 2.15. The zero-order chi connectivity index (χ0) is 14.9. The van der Waals surface area contributed by atoms with E-state index < -0.39 is 0 Å². The highest BCUT2D eigenvalue weighted by atomic mass is 32.2. The number of benzene rings is 1. The van der Waals surface area contributed by atoms with Crippen LogP contribution < -0.4 is 15.4 Å². The lowest BCUT2D eigenvalue weighted by molar-refractivity contribution is 0.320. The predicted octanol–water partition coefficient (Wildman–Crippen LogP) is 2.27. The van der Waals surface area contributed by atoms with E-state index in [1.807, 2.05) is 11.8 Å². The van der Waals surface area contributed by atoms with Crippen LogP contribution in [0, 0.1) is 5.82 Å². The summed E-state index contributed by atoms with van der Waals surface area (Å²) in [6.45, 7) is 2.02. The van der Waals surface area contributed by atoms with Crippen LogP contribution in [0.3, 0.4) is 0 Å². The first kappa shape index (κ1) is 15.9. The average Bonchev–Trinajstić information content (AvgIpc) is 3.00. The molecule has 0 saturated carbocycles. The minimum absolute atomic E-state index is 0.285. The Balaban J connectivity index is 1.61. The summed E-state index contributed by atoms with van der Waals surface area (Å²) in [7, 11) is 1.75. The fourth-order valence-corrected chi connectivity index (χ4v) is 3.33. The van der Waals surface area contributed by atoms with Gasteiger partial charge in [0.05, 0.1) is 6.54 Å². The Morgan fingerprint density at radius 1 is 1.48 bits per heavy atom. The third-order valence-electron chi connectivity index (χ3n) is 3.20. The van der Waals surface area contributed by atoms with Crippen molar-refractivity contribution in [1.82, 2.24) is 10.6 Å². The van der Waals surface area contributed by atoms with Crippen molar-refractivity contribution in [3.8, 4) is 5.75 Å². The summed E-state index contributed by atoms with van der Waals surface area (Å²) in [5.41, 5.74) is 0. The molecule has 1 aliphatic rings. The molecular weight excluding hydrogens is 289 g/mol. The molecule has 1 fully saturated rings. The molecule has 0 radical (unpaired) electrons. The second-order valence-corrected chi connectivity index (χ2v) is 6.23. The quantitative estimate of drug-likeness (QED) is 0.481. The van der Waals surface area contributed by atoms with E-state index in [0.29, 0.717) is 24.2 Å². The Labute approximate surface area is 129 Å². The molecule has 6 heteroatoms. The van der Waals surface area contributed by atoms with E-state index in [9.17, 15) is 4.39 Å². The maximum atomic E-state index is 13.0. The number of aliphatic imine (C=N–C) groups is 1. The topological polar surface area (TPSA) is 45.7 Å². The van der Waals surface area contributed by atoms with Gasteiger partial charge in [0.2, 0.25) is 0 Å². The number of halogens is 1. The third kappa shape index (κ3) is 5.83. The SMILES string of the molecule is CN=C(NCCOc1cccc(F)c1)NCC1CCCS1. The zero-order valence-electron chi connectivity index (χ0n) is 12.3. The highest BCUT2D eigenvalue weighted by Crippen LogP contribution is 2.25. The first-order chi connectivity index (χ1) is 10.3. The molecule has 2 N–H and O–H groups in total. The van der Waals surface area contributed by atoms with Gasteiger partial charge in [-0.15, -0.1) is 0 Å². The molecule has 1 aromatic carbocycles. The van der Waals surface area contributed by atoms with Crippen LogP contribution in [0.2, 0.25) is 0 Å². The summed E-state index contributed by atoms with van der Waals surface area (Å²) in [6, 6.07) is 6.16. The first-order valence-corrected chi connectivity index (χ1v) is 8.27. The molecule has 1 unspecified atom stereocenters. The number of nitrogens with zero attached hydrogens (tertiary/aromatic N) is 1. The van der Waals surface area contributed by atoms with Gasteiger partial charge in [0.25, 0.3) is 0 Å². The normalized spacial score (nSPS) is 18.6. The number of ether oxygens (including phenoxy) is 1. The molecule has 2 rings (SSSR count). The van der Waals surface area contributed by atoms with Crippen LogP contribution in [0.4, 0.5) is 4.39 Å². The van der Waals surface area contributed by atoms with Crippen molar-refractivity contribution >= 4 is 17.7 Å². The van der Waals surface area contributed by atoms with Gasteiger partial charge in [0.1, 0.15) is 18.2 Å². The van der Waals surface area contributed by atoms with Crippen molar-refractivity contribution in [1.29, 1.82) is 0 Å². The van der Waals surface area contributed by atoms with Crippen molar-refractivity contribution in [2.45, 2.75) is 18.1 Å². The molecule has 1 aliphatic heterocycles. The Morgan fingerprint density at radius 2 is 2.38 bits per heavy atom. The fourth-order valence-electron chi connectivity index (χ4n) is 2.13. The maximum Gasteiger partial charge on any atom is 0.191 e. The van der Waals surface area contributed by atoms with Crippen LogP contribution >= 0.6 is 11.8 Å². The van der Waals surface area contributed by atoms with E-state index in [-0.39, 0.29) is 5.82 Å². The maximum absolute atomic E-state index is 13.0. The van der Waals surface area contributed by atoms with Gasteiger partial charge < -0.3 is 15.4 Å². The smallest absolute Gasteiger partial charge is 0.191 e. The zero-order valence-corrected chi connectivity index (χ0v) is 13.1. The predicted molar refractivity (Wildman–Crippen MR) is 86.7 cm³/mol. The standard InChI is InChI=1S/C15H22FN3OS/c1-17-15(19-11-14-6-3-9-21-14)18-7-8-20-13-5-2-4-12(16)10-13/h2,4-5,10,14H,3,6-9,11H2,1H3,(H2,17,18,19). The Kier molecular flexibility index (Phi) is 6.66. The third-order valence-corrected chi connectivity index (χ3v) is 4.60. The lowest BCUT2D eigenvalue weighted by atomic mass is 10.2. The molecule has 4 nitrogen and oxygen atoms in total. The van der Waals surface area contributed by atoms with Crippen LogP contribution in [0.15, 0.2) is 29.3 Å². The van der Waals surface area contributed by atoms with E-state index in [2.05, 4.69) is 15.6 Å². The summed E-state index contributed by atoms with van der Waals surface area (Å²) in [6.07, 6.45) is 2.59. The van der Waals surface area contributed by atoms with Crippen molar-refractivity contribution in [2.75, 3.05) is 32.5 Å². The summed E-state index contributed by atoms with van der Waals surface area (Å²) in [4.78, 5) is 4.18. The van der Waals surface area contributed by atoms with Gasteiger partial charge in [-0.2, -0.15) is 11.8 Å². The molecule has 1 heterocycles. The number of guanidine groups is 1. The number of rotatable bonds is 6. The van der Waals surface area contributed by atoms with E-state index in [1.165, 1.54) is 30.7 Å². The summed E-state index contributed by atoms with van der Waals surface area (Å²) in [5, 5.41) is 7.20. The molecule has 0 amide bonds.